The minimum Gasteiger partial charge on any atom is -0.459 e. The number of carbonyl (C=O) groups excluding carboxylic acids is 1. The van der Waals surface area contributed by atoms with Crippen molar-refractivity contribution in [2.24, 2.45) is 0 Å². The molecule has 0 saturated heterocycles. The molecule has 0 unspecified atom stereocenters. The van der Waals surface area contributed by atoms with Crippen molar-refractivity contribution >= 4 is 52.1 Å². The van der Waals surface area contributed by atoms with Crippen LogP contribution in [0.2, 0.25) is 10.0 Å². The van der Waals surface area contributed by atoms with Gasteiger partial charge >= 0.3 is 0 Å². The van der Waals surface area contributed by atoms with Gasteiger partial charge in [-0.25, -0.2) is 4.98 Å². The van der Waals surface area contributed by atoms with Crippen molar-refractivity contribution < 1.29 is 13.9 Å². The number of amides is 1. The van der Waals surface area contributed by atoms with E-state index in [0.29, 0.717) is 21.5 Å². The van der Waals surface area contributed by atoms with E-state index in [1.54, 1.807) is 42.5 Å². The van der Waals surface area contributed by atoms with Crippen molar-refractivity contribution in [2.75, 3.05) is 5.32 Å². The van der Waals surface area contributed by atoms with Crippen LogP contribution in [-0.2, 0) is 0 Å². The second-order valence-electron chi connectivity index (χ2n) is 4.95. The number of carbonyl (C=O) groups is 1. The predicted molar refractivity (Wildman–Crippen MR) is 103 cm³/mol. The lowest BCUT2D eigenvalue weighted by molar-refractivity contribution is 0.0950. The first-order chi connectivity index (χ1) is 12.5. The molecule has 2 aromatic heterocycles. The predicted octanol–water partition coefficient (Wildman–Crippen LogP) is 4.90. The number of anilines is 1. The van der Waals surface area contributed by atoms with Crippen molar-refractivity contribution in [1.29, 1.82) is 0 Å². The summed E-state index contributed by atoms with van der Waals surface area (Å²) in [6.45, 7) is 0. The number of halogens is 2. The van der Waals surface area contributed by atoms with E-state index in [1.807, 2.05) is 0 Å². The lowest BCUT2D eigenvalue weighted by Gasteiger charge is -2.10. The van der Waals surface area contributed by atoms with Gasteiger partial charge in [-0.15, -0.1) is 0 Å². The summed E-state index contributed by atoms with van der Waals surface area (Å²) < 4.78 is 10.6. The first-order valence-corrected chi connectivity index (χ1v) is 8.42. The number of hydrogen-bond acceptors (Lipinski definition) is 5. The van der Waals surface area contributed by atoms with E-state index in [2.05, 4.69) is 15.6 Å². The highest BCUT2D eigenvalue weighted by Gasteiger charge is 2.10. The van der Waals surface area contributed by atoms with Crippen LogP contribution in [0.25, 0.3) is 0 Å². The Kier molecular flexibility index (Phi) is 5.72. The van der Waals surface area contributed by atoms with Gasteiger partial charge in [0.05, 0.1) is 11.3 Å². The molecule has 0 aliphatic rings. The standard InChI is InChI=1S/C17H11Cl2N3O3S/c18-10-8-13(19)16(20-9-10)25-12-5-3-11(4-6-12)21-17(26)22-15(23)14-2-1-7-24-14/h1-9H,(H2,21,22,23,26). The van der Waals surface area contributed by atoms with E-state index in [0.717, 1.165) is 0 Å². The third-order valence-corrected chi connectivity index (χ3v) is 3.75. The Hall–Kier alpha value is -2.61. The lowest BCUT2D eigenvalue weighted by atomic mass is 10.3. The number of furan rings is 1. The Morgan fingerprint density at radius 2 is 1.96 bits per heavy atom. The number of hydrogen-bond donors (Lipinski definition) is 2. The summed E-state index contributed by atoms with van der Waals surface area (Å²) in [6, 6.07) is 11.6. The number of rotatable bonds is 4. The average molecular weight is 408 g/mol. The minimum absolute atomic E-state index is 0.141. The Bertz CT molecular complexity index is 931. The normalized spacial score (nSPS) is 10.2. The maximum absolute atomic E-state index is 11.8. The first-order valence-electron chi connectivity index (χ1n) is 7.26. The summed E-state index contributed by atoms with van der Waals surface area (Å²) in [5.74, 6) is 0.511. The maximum Gasteiger partial charge on any atom is 0.293 e. The van der Waals surface area contributed by atoms with E-state index < -0.39 is 5.91 Å². The fourth-order valence-corrected chi connectivity index (χ4v) is 2.56. The van der Waals surface area contributed by atoms with Crippen molar-refractivity contribution in [3.05, 3.63) is 70.7 Å². The summed E-state index contributed by atoms with van der Waals surface area (Å²) in [5.41, 5.74) is 0.664. The van der Waals surface area contributed by atoms with Gasteiger partial charge in [0.1, 0.15) is 10.8 Å². The van der Waals surface area contributed by atoms with Crippen LogP contribution in [0.15, 0.2) is 59.3 Å². The second-order valence-corrected chi connectivity index (χ2v) is 6.20. The number of thiocarbonyl (C=S) groups is 1. The number of nitrogens with one attached hydrogen (secondary N) is 2. The molecule has 0 spiro atoms. The SMILES string of the molecule is O=C(NC(=S)Nc1ccc(Oc2ncc(Cl)cc2Cl)cc1)c1ccco1. The number of aromatic nitrogens is 1. The highest BCUT2D eigenvalue weighted by atomic mass is 35.5. The molecular formula is C17H11Cl2N3O3S. The highest BCUT2D eigenvalue weighted by Crippen LogP contribution is 2.29. The molecule has 6 nitrogen and oxygen atoms in total. The van der Waals surface area contributed by atoms with Crippen molar-refractivity contribution in [1.82, 2.24) is 10.3 Å². The second kappa shape index (κ2) is 8.18. The van der Waals surface area contributed by atoms with Crippen LogP contribution < -0.4 is 15.4 Å². The highest BCUT2D eigenvalue weighted by molar-refractivity contribution is 7.80. The van der Waals surface area contributed by atoms with Gasteiger partial charge in [-0.1, -0.05) is 23.2 Å². The van der Waals surface area contributed by atoms with Crippen LogP contribution in [0.5, 0.6) is 11.6 Å². The van der Waals surface area contributed by atoms with E-state index in [9.17, 15) is 4.79 Å². The smallest absolute Gasteiger partial charge is 0.293 e. The zero-order chi connectivity index (χ0) is 18.5. The topological polar surface area (TPSA) is 76.4 Å². The quantitative estimate of drug-likeness (QED) is 0.598. The molecule has 3 aromatic rings. The fourth-order valence-electron chi connectivity index (χ4n) is 1.93. The number of nitrogens with zero attached hydrogens (tertiary/aromatic N) is 1. The molecule has 132 valence electrons. The number of benzene rings is 1. The molecule has 2 heterocycles. The van der Waals surface area contributed by atoms with Gasteiger partial charge in [0.25, 0.3) is 5.91 Å². The molecule has 0 aliphatic heterocycles. The van der Waals surface area contributed by atoms with Gasteiger partial charge in [0.2, 0.25) is 5.88 Å². The first kappa shape index (κ1) is 18.2. The molecule has 0 radical (unpaired) electrons. The molecule has 0 fully saturated rings. The summed E-state index contributed by atoms with van der Waals surface area (Å²) in [7, 11) is 0. The van der Waals surface area contributed by atoms with Crippen molar-refractivity contribution in [2.45, 2.75) is 0 Å². The Morgan fingerprint density at radius 3 is 2.62 bits per heavy atom. The molecule has 3 rings (SSSR count). The molecule has 9 heteroatoms. The largest absolute Gasteiger partial charge is 0.459 e. The Balaban J connectivity index is 1.59. The zero-order valence-electron chi connectivity index (χ0n) is 13.0. The van der Waals surface area contributed by atoms with Crippen molar-refractivity contribution in [3.63, 3.8) is 0 Å². The Morgan fingerprint density at radius 1 is 1.19 bits per heavy atom. The molecule has 26 heavy (non-hydrogen) atoms. The summed E-state index contributed by atoms with van der Waals surface area (Å²) in [4.78, 5) is 15.9. The van der Waals surface area contributed by atoms with Gasteiger partial charge in [0.15, 0.2) is 10.9 Å². The molecular weight excluding hydrogens is 397 g/mol. The van der Waals surface area contributed by atoms with Crippen LogP contribution >= 0.6 is 35.4 Å². The van der Waals surface area contributed by atoms with Gasteiger partial charge in [-0.2, -0.15) is 0 Å². The van der Waals surface area contributed by atoms with Crippen LogP contribution in [0, 0.1) is 0 Å². The molecule has 2 N–H and O–H groups in total. The fraction of sp³-hybridized carbons (Fsp3) is 0. The van der Waals surface area contributed by atoms with E-state index in [1.165, 1.54) is 12.5 Å². The summed E-state index contributed by atoms with van der Waals surface area (Å²) >= 11 is 16.9. The molecule has 1 aromatic carbocycles. The monoisotopic (exact) mass is 407 g/mol. The lowest BCUT2D eigenvalue weighted by Crippen LogP contribution is -2.33. The van der Waals surface area contributed by atoms with Crippen LogP contribution in [0.1, 0.15) is 10.6 Å². The van der Waals surface area contributed by atoms with Gasteiger partial charge in [-0.3, -0.25) is 10.1 Å². The van der Waals surface area contributed by atoms with Crippen LogP contribution in [-0.4, -0.2) is 16.0 Å². The maximum atomic E-state index is 11.8. The molecule has 0 saturated carbocycles. The van der Waals surface area contributed by atoms with Gasteiger partial charge < -0.3 is 14.5 Å². The van der Waals surface area contributed by atoms with Crippen LogP contribution in [0.3, 0.4) is 0 Å². The third kappa shape index (κ3) is 4.72. The van der Waals surface area contributed by atoms with Crippen molar-refractivity contribution in [3.8, 4) is 11.6 Å². The third-order valence-electron chi connectivity index (χ3n) is 3.07. The van der Waals surface area contributed by atoms with E-state index >= 15 is 0 Å². The van der Waals surface area contributed by atoms with E-state index in [-0.39, 0.29) is 16.8 Å². The number of ether oxygens (including phenoxy) is 1. The van der Waals surface area contributed by atoms with Crippen LogP contribution in [0.4, 0.5) is 5.69 Å². The van der Waals surface area contributed by atoms with Gasteiger partial charge in [0, 0.05) is 11.9 Å². The minimum atomic E-state index is -0.434. The summed E-state index contributed by atoms with van der Waals surface area (Å²) in [5, 5.41) is 6.27. The molecule has 0 atom stereocenters. The van der Waals surface area contributed by atoms with E-state index in [4.69, 9.17) is 44.6 Å². The molecule has 0 bridgehead atoms. The molecule has 1 amide bonds. The number of pyridine rings is 1. The zero-order valence-corrected chi connectivity index (χ0v) is 15.4. The van der Waals surface area contributed by atoms with Gasteiger partial charge in [-0.05, 0) is 54.7 Å². The molecule has 0 aliphatic carbocycles. The Labute approximate surface area is 164 Å². The average Bonchev–Trinajstić information content (AvgIpc) is 3.14. The summed E-state index contributed by atoms with van der Waals surface area (Å²) in [6.07, 6.45) is 2.85.